The van der Waals surface area contributed by atoms with Crippen LogP contribution in [0, 0.1) is 6.92 Å². The lowest BCUT2D eigenvalue weighted by molar-refractivity contribution is -0.141. The van der Waals surface area contributed by atoms with Crippen molar-refractivity contribution in [1.82, 2.24) is 0 Å². The number of methoxy groups -OCH3 is 1. The van der Waals surface area contributed by atoms with Crippen molar-refractivity contribution < 1.29 is 19.1 Å². The highest BCUT2D eigenvalue weighted by Crippen LogP contribution is 2.35. The van der Waals surface area contributed by atoms with E-state index in [-0.39, 0.29) is 11.8 Å². The number of benzene rings is 5. The zero-order valence-electron chi connectivity index (χ0n) is 27.8. The van der Waals surface area contributed by atoms with Gasteiger partial charge in [-0.25, -0.2) is 0 Å². The van der Waals surface area contributed by atoms with Gasteiger partial charge in [-0.05, 0) is 90.6 Å². The molecule has 0 aliphatic heterocycles. The summed E-state index contributed by atoms with van der Waals surface area (Å²) in [7, 11) is 1.67. The second-order valence-electron chi connectivity index (χ2n) is 11.6. The highest BCUT2D eigenvalue weighted by Gasteiger charge is 2.12. The van der Waals surface area contributed by atoms with Crippen molar-refractivity contribution in [3.8, 4) is 5.75 Å². The minimum atomic E-state index is -0.290. The van der Waals surface area contributed by atoms with Gasteiger partial charge in [0, 0.05) is 36.0 Å². The van der Waals surface area contributed by atoms with Crippen LogP contribution in [0.2, 0.25) is 0 Å². The number of unbranched alkanes of at least 4 members (excludes halogenated alkanes) is 1. The lowest BCUT2D eigenvalue weighted by Gasteiger charge is -2.26. The largest absolute Gasteiger partial charge is 0.497 e. The molecule has 5 heteroatoms. The summed E-state index contributed by atoms with van der Waals surface area (Å²) >= 11 is 0. The number of esters is 1. The van der Waals surface area contributed by atoms with E-state index in [0.717, 1.165) is 45.1 Å². The highest BCUT2D eigenvalue weighted by atomic mass is 16.5. The average Bonchev–Trinajstić information content (AvgIpc) is 3.12. The smallest absolute Gasteiger partial charge is 0.302 e. The number of aryl methyl sites for hydroxylation is 1. The number of carbonyl (C=O) groups is 2. The van der Waals surface area contributed by atoms with Gasteiger partial charge in [-0.3, -0.25) is 9.59 Å². The maximum absolute atomic E-state index is 12.5. The summed E-state index contributed by atoms with van der Waals surface area (Å²) in [6.07, 6.45) is 10.2. The molecule has 0 atom stereocenters. The van der Waals surface area contributed by atoms with Gasteiger partial charge >= 0.3 is 5.97 Å². The number of nitrogens with zero attached hydrogens (tertiary/aromatic N) is 1. The van der Waals surface area contributed by atoms with E-state index in [1.165, 1.54) is 12.5 Å². The minimum absolute atomic E-state index is 0.0988. The molecule has 0 saturated carbocycles. The molecule has 0 fully saturated rings. The van der Waals surface area contributed by atoms with E-state index in [1.807, 2.05) is 48.5 Å². The van der Waals surface area contributed by atoms with Crippen molar-refractivity contribution in [2.75, 3.05) is 18.6 Å². The van der Waals surface area contributed by atoms with Crippen LogP contribution in [0.5, 0.6) is 5.75 Å². The Morgan fingerprint density at radius 3 is 1.44 bits per heavy atom. The van der Waals surface area contributed by atoms with Crippen molar-refractivity contribution in [3.05, 3.63) is 155 Å². The fourth-order valence-electron chi connectivity index (χ4n) is 5.24. The monoisotopic (exact) mass is 635 g/mol. The van der Waals surface area contributed by atoms with Crippen LogP contribution in [-0.2, 0) is 9.53 Å². The van der Waals surface area contributed by atoms with Crippen LogP contribution < -0.4 is 9.64 Å². The first kappa shape index (κ1) is 33.7. The van der Waals surface area contributed by atoms with Crippen LogP contribution in [-0.4, -0.2) is 25.5 Å². The third-order valence-corrected chi connectivity index (χ3v) is 7.98. The van der Waals surface area contributed by atoms with Gasteiger partial charge in [0.05, 0.1) is 13.7 Å². The average molecular weight is 636 g/mol. The number of ketones is 1. The number of carbonyl (C=O) groups excluding carboxylic acids is 2. The van der Waals surface area contributed by atoms with E-state index < -0.39 is 0 Å². The SMILES string of the molecule is COc1ccc(/C=C/c2ccc(N(c3ccc(C)cc3)c3ccc(/C=C/c4ccc(C(=O)CCCCOC(C)=O)cc4)cc3)cc2)cc1. The molecule has 0 unspecified atom stereocenters. The minimum Gasteiger partial charge on any atom is -0.497 e. The second-order valence-corrected chi connectivity index (χ2v) is 11.6. The summed E-state index contributed by atoms with van der Waals surface area (Å²) in [6, 6.07) is 41.3. The molecule has 0 heterocycles. The lowest BCUT2D eigenvalue weighted by atomic mass is 10.0. The zero-order valence-corrected chi connectivity index (χ0v) is 27.8. The number of hydrogen-bond donors (Lipinski definition) is 0. The van der Waals surface area contributed by atoms with Gasteiger partial charge in [0.2, 0.25) is 0 Å². The van der Waals surface area contributed by atoms with Crippen molar-refractivity contribution in [3.63, 3.8) is 0 Å². The molecule has 5 rings (SSSR count). The molecule has 0 aromatic heterocycles. The Balaban J connectivity index is 1.26. The summed E-state index contributed by atoms with van der Waals surface area (Å²) in [5.41, 5.74) is 9.46. The van der Waals surface area contributed by atoms with Gasteiger partial charge in [-0.15, -0.1) is 0 Å². The van der Waals surface area contributed by atoms with Gasteiger partial charge in [-0.2, -0.15) is 0 Å². The number of Topliss-reactive ketones (excluding diaryl/α,β-unsaturated/α-hetero) is 1. The molecule has 48 heavy (non-hydrogen) atoms. The summed E-state index contributed by atoms with van der Waals surface area (Å²) in [4.78, 5) is 25.6. The standard InChI is InChI=1S/C43H41NO4/c1-32-7-23-39(24-8-32)44(41-27-17-36(18-28-41)11-12-37-19-29-42(47-3)30-20-37)40-25-15-35(16-26-40)10-9-34-13-21-38(22-14-34)43(46)6-4-5-31-48-33(2)45/h7-30H,4-6,31H2,1-3H3/b10-9+,12-11+. The Morgan fingerprint density at radius 2 is 1.00 bits per heavy atom. The van der Waals surface area contributed by atoms with Crippen molar-refractivity contribution in [2.45, 2.75) is 33.1 Å². The number of anilines is 3. The van der Waals surface area contributed by atoms with E-state index in [0.29, 0.717) is 31.4 Å². The van der Waals surface area contributed by atoms with E-state index in [4.69, 9.17) is 9.47 Å². The Kier molecular flexibility index (Phi) is 11.8. The van der Waals surface area contributed by atoms with Crippen molar-refractivity contribution >= 4 is 53.1 Å². The van der Waals surface area contributed by atoms with Crippen molar-refractivity contribution in [1.29, 1.82) is 0 Å². The summed E-state index contributed by atoms with van der Waals surface area (Å²) < 4.78 is 10.2. The molecule has 5 aromatic rings. The predicted molar refractivity (Wildman–Crippen MR) is 198 cm³/mol. The lowest BCUT2D eigenvalue weighted by Crippen LogP contribution is -2.09. The van der Waals surface area contributed by atoms with E-state index in [2.05, 4.69) is 109 Å². The first-order valence-electron chi connectivity index (χ1n) is 16.2. The topological polar surface area (TPSA) is 55.8 Å². The van der Waals surface area contributed by atoms with E-state index in [9.17, 15) is 9.59 Å². The van der Waals surface area contributed by atoms with Crippen LogP contribution in [0.15, 0.2) is 121 Å². The van der Waals surface area contributed by atoms with Gasteiger partial charge in [0.25, 0.3) is 0 Å². The molecule has 5 aromatic carbocycles. The van der Waals surface area contributed by atoms with E-state index in [1.54, 1.807) is 7.11 Å². The summed E-state index contributed by atoms with van der Waals surface area (Å²) in [5.74, 6) is 0.655. The Bertz CT molecular complexity index is 1840. The van der Waals surface area contributed by atoms with E-state index >= 15 is 0 Å². The number of hydrogen-bond acceptors (Lipinski definition) is 5. The van der Waals surface area contributed by atoms with Gasteiger partial charge < -0.3 is 14.4 Å². The Labute approximate surface area is 283 Å². The maximum atomic E-state index is 12.5. The first-order valence-corrected chi connectivity index (χ1v) is 16.2. The second kappa shape index (κ2) is 16.8. The fourth-order valence-corrected chi connectivity index (χ4v) is 5.24. The van der Waals surface area contributed by atoms with Crippen LogP contribution in [0.4, 0.5) is 17.1 Å². The Hall–Kier alpha value is -5.68. The molecule has 0 aliphatic rings. The van der Waals surface area contributed by atoms with Crippen LogP contribution in [0.1, 0.15) is 64.4 Å². The van der Waals surface area contributed by atoms with Crippen molar-refractivity contribution in [2.24, 2.45) is 0 Å². The van der Waals surface area contributed by atoms with Crippen LogP contribution >= 0.6 is 0 Å². The molecule has 0 N–H and O–H groups in total. The zero-order chi connectivity index (χ0) is 33.7. The van der Waals surface area contributed by atoms with Crippen LogP contribution in [0.3, 0.4) is 0 Å². The third-order valence-electron chi connectivity index (χ3n) is 7.98. The molecule has 242 valence electrons. The summed E-state index contributed by atoms with van der Waals surface area (Å²) in [6.45, 7) is 3.85. The quantitative estimate of drug-likeness (QED) is 0.0526. The number of ether oxygens (including phenoxy) is 2. The van der Waals surface area contributed by atoms with Gasteiger partial charge in [0.1, 0.15) is 5.75 Å². The number of rotatable bonds is 14. The molecule has 0 saturated heterocycles. The van der Waals surface area contributed by atoms with Gasteiger partial charge in [0.15, 0.2) is 5.78 Å². The van der Waals surface area contributed by atoms with Crippen LogP contribution in [0.25, 0.3) is 24.3 Å². The highest BCUT2D eigenvalue weighted by molar-refractivity contribution is 5.96. The molecule has 0 bridgehead atoms. The predicted octanol–water partition coefficient (Wildman–Crippen LogP) is 10.7. The normalized spacial score (nSPS) is 11.1. The molecule has 0 radical (unpaired) electrons. The fraction of sp³-hybridized carbons (Fsp3) is 0.163. The Morgan fingerprint density at radius 1 is 0.583 bits per heavy atom. The molecule has 0 amide bonds. The molecule has 5 nitrogen and oxygen atoms in total. The molecular formula is C43H41NO4. The van der Waals surface area contributed by atoms with Gasteiger partial charge in [-0.1, -0.05) is 103 Å². The maximum Gasteiger partial charge on any atom is 0.302 e. The molecule has 0 spiro atoms. The molecule has 0 aliphatic carbocycles. The third kappa shape index (κ3) is 9.66. The summed E-state index contributed by atoms with van der Waals surface area (Å²) in [5, 5.41) is 0. The first-order chi connectivity index (χ1) is 23.4. The molecular weight excluding hydrogens is 594 g/mol.